The molecule has 0 aliphatic carbocycles. The molecule has 7 nitrogen and oxygen atoms in total. The van der Waals surface area contributed by atoms with Gasteiger partial charge in [0.1, 0.15) is 22.9 Å². The molecule has 2 aromatic rings. The molecule has 0 radical (unpaired) electrons. The average molecular weight is 380 g/mol. The molecule has 0 spiro atoms. The van der Waals surface area contributed by atoms with Crippen LogP contribution in [0.2, 0.25) is 0 Å². The van der Waals surface area contributed by atoms with E-state index in [-0.39, 0.29) is 18.6 Å². The number of benzene rings is 1. The minimum absolute atomic E-state index is 0.226. The van der Waals surface area contributed by atoms with Crippen molar-refractivity contribution < 1.29 is 24.9 Å². The highest BCUT2D eigenvalue weighted by atomic mass is 32.1. The SMILES string of the molecule is CC(O[C@@H](C)CNC(=O)c1csc(-c2ccccc2)n1)C(O)[C@H](O)CO. The van der Waals surface area contributed by atoms with E-state index >= 15 is 0 Å². The van der Waals surface area contributed by atoms with Gasteiger partial charge in [0, 0.05) is 17.5 Å². The van der Waals surface area contributed by atoms with Gasteiger partial charge in [-0.2, -0.15) is 0 Å². The van der Waals surface area contributed by atoms with Crippen LogP contribution in [-0.2, 0) is 4.74 Å². The van der Waals surface area contributed by atoms with E-state index in [1.54, 1.807) is 19.2 Å². The number of nitrogens with one attached hydrogen (secondary N) is 1. The molecule has 0 fully saturated rings. The molecule has 0 aliphatic heterocycles. The Morgan fingerprint density at radius 3 is 2.62 bits per heavy atom. The molecule has 4 N–H and O–H groups in total. The van der Waals surface area contributed by atoms with Crippen molar-refractivity contribution in [3.8, 4) is 10.6 Å². The van der Waals surface area contributed by atoms with Gasteiger partial charge in [0.25, 0.3) is 5.91 Å². The zero-order valence-electron chi connectivity index (χ0n) is 14.7. The Morgan fingerprint density at radius 1 is 1.27 bits per heavy atom. The van der Waals surface area contributed by atoms with Crippen LogP contribution in [0.1, 0.15) is 24.3 Å². The van der Waals surface area contributed by atoms with Crippen LogP contribution in [0, 0.1) is 0 Å². The molecule has 2 unspecified atom stereocenters. The molecular weight excluding hydrogens is 356 g/mol. The van der Waals surface area contributed by atoms with Gasteiger partial charge in [0.15, 0.2) is 0 Å². The molecule has 1 aromatic carbocycles. The van der Waals surface area contributed by atoms with Crippen LogP contribution in [0.25, 0.3) is 10.6 Å². The second kappa shape index (κ2) is 9.75. The second-order valence-electron chi connectivity index (χ2n) is 6.01. The number of ether oxygens (including phenoxy) is 1. The van der Waals surface area contributed by atoms with Crippen LogP contribution in [0.5, 0.6) is 0 Å². The molecule has 1 amide bonds. The summed E-state index contributed by atoms with van der Waals surface area (Å²) in [7, 11) is 0. The third-order valence-electron chi connectivity index (χ3n) is 3.82. The molecule has 0 aliphatic rings. The highest BCUT2D eigenvalue weighted by molar-refractivity contribution is 7.13. The summed E-state index contributed by atoms with van der Waals surface area (Å²) < 4.78 is 5.54. The largest absolute Gasteiger partial charge is 0.394 e. The van der Waals surface area contributed by atoms with Gasteiger partial charge in [-0.05, 0) is 13.8 Å². The Hall–Kier alpha value is -1.84. The summed E-state index contributed by atoms with van der Waals surface area (Å²) in [4.78, 5) is 16.6. The number of carbonyl (C=O) groups is 1. The number of aromatic nitrogens is 1. The number of hydrogen-bond donors (Lipinski definition) is 4. The monoisotopic (exact) mass is 380 g/mol. The van der Waals surface area contributed by atoms with E-state index in [0.29, 0.717) is 5.69 Å². The maximum absolute atomic E-state index is 12.2. The summed E-state index contributed by atoms with van der Waals surface area (Å²) in [5, 5.41) is 33.2. The van der Waals surface area contributed by atoms with Crippen LogP contribution in [0.4, 0.5) is 0 Å². The van der Waals surface area contributed by atoms with E-state index in [2.05, 4.69) is 10.3 Å². The fourth-order valence-corrected chi connectivity index (χ4v) is 3.14. The van der Waals surface area contributed by atoms with Crippen molar-refractivity contribution in [1.82, 2.24) is 10.3 Å². The summed E-state index contributed by atoms with van der Waals surface area (Å²) in [6.45, 7) is 3.01. The zero-order chi connectivity index (χ0) is 19.1. The van der Waals surface area contributed by atoms with Crippen LogP contribution in [0.3, 0.4) is 0 Å². The van der Waals surface area contributed by atoms with Crippen LogP contribution in [-0.4, -0.2) is 63.8 Å². The van der Waals surface area contributed by atoms with Crippen molar-refractivity contribution in [3.05, 3.63) is 41.4 Å². The van der Waals surface area contributed by atoms with Gasteiger partial charge in [-0.1, -0.05) is 30.3 Å². The number of carbonyl (C=O) groups excluding carboxylic acids is 1. The third kappa shape index (κ3) is 5.58. The van der Waals surface area contributed by atoms with Gasteiger partial charge in [-0.25, -0.2) is 4.98 Å². The van der Waals surface area contributed by atoms with Crippen molar-refractivity contribution in [2.75, 3.05) is 13.2 Å². The van der Waals surface area contributed by atoms with Crippen molar-refractivity contribution in [1.29, 1.82) is 0 Å². The van der Waals surface area contributed by atoms with E-state index in [1.807, 2.05) is 30.3 Å². The standard InChI is InChI=1S/C18H24N2O5S/c1-11(25-12(2)16(23)15(22)9-21)8-19-17(24)14-10-26-18(20-14)13-6-4-3-5-7-13/h3-7,10-12,15-16,21-23H,8-9H2,1-2H3,(H,19,24)/t11-,12?,15+,16?/m0/s1. The molecule has 26 heavy (non-hydrogen) atoms. The molecule has 0 bridgehead atoms. The second-order valence-corrected chi connectivity index (χ2v) is 6.86. The fourth-order valence-electron chi connectivity index (χ4n) is 2.33. The predicted octanol–water partition coefficient (Wildman–Crippen LogP) is 1.05. The smallest absolute Gasteiger partial charge is 0.270 e. The Kier molecular flexibility index (Phi) is 7.67. The lowest BCUT2D eigenvalue weighted by Crippen LogP contribution is -2.42. The number of aliphatic hydroxyl groups excluding tert-OH is 3. The molecule has 2 rings (SSSR count). The third-order valence-corrected chi connectivity index (χ3v) is 4.71. The first-order chi connectivity index (χ1) is 12.4. The van der Waals surface area contributed by atoms with Crippen LogP contribution >= 0.6 is 11.3 Å². The Bertz CT molecular complexity index is 694. The lowest BCUT2D eigenvalue weighted by atomic mass is 10.1. The quantitative estimate of drug-likeness (QED) is 0.517. The fraction of sp³-hybridized carbons (Fsp3) is 0.444. The molecule has 4 atom stereocenters. The molecule has 142 valence electrons. The molecule has 0 saturated heterocycles. The van der Waals surface area contributed by atoms with E-state index in [1.165, 1.54) is 11.3 Å². The lowest BCUT2D eigenvalue weighted by molar-refractivity contribution is -0.112. The van der Waals surface area contributed by atoms with Gasteiger partial charge in [-0.15, -0.1) is 11.3 Å². The topological polar surface area (TPSA) is 112 Å². The highest BCUT2D eigenvalue weighted by Crippen LogP contribution is 2.23. The summed E-state index contributed by atoms with van der Waals surface area (Å²) in [6, 6.07) is 9.62. The Balaban J connectivity index is 1.84. The predicted molar refractivity (Wildman–Crippen MR) is 99.0 cm³/mol. The maximum Gasteiger partial charge on any atom is 0.270 e. The number of thiazole rings is 1. The number of aliphatic hydroxyl groups is 3. The molecular formula is C18H24N2O5S. The van der Waals surface area contributed by atoms with E-state index in [0.717, 1.165) is 10.6 Å². The van der Waals surface area contributed by atoms with Crippen molar-refractivity contribution >= 4 is 17.2 Å². The van der Waals surface area contributed by atoms with Crippen LogP contribution in [0.15, 0.2) is 35.7 Å². The number of hydrogen-bond acceptors (Lipinski definition) is 7. The number of rotatable bonds is 9. The van der Waals surface area contributed by atoms with Gasteiger partial charge >= 0.3 is 0 Å². The van der Waals surface area contributed by atoms with Gasteiger partial charge < -0.3 is 25.4 Å². The van der Waals surface area contributed by atoms with Gasteiger partial charge in [0.2, 0.25) is 0 Å². The Morgan fingerprint density at radius 2 is 1.96 bits per heavy atom. The molecule has 1 aromatic heterocycles. The summed E-state index contributed by atoms with van der Waals surface area (Å²) in [6.07, 6.45) is -3.54. The summed E-state index contributed by atoms with van der Waals surface area (Å²) in [5.41, 5.74) is 1.29. The van der Waals surface area contributed by atoms with Crippen molar-refractivity contribution in [2.45, 2.75) is 38.3 Å². The van der Waals surface area contributed by atoms with E-state index in [9.17, 15) is 15.0 Å². The minimum atomic E-state index is -1.27. The van der Waals surface area contributed by atoms with E-state index < -0.39 is 24.9 Å². The normalized spacial score (nSPS) is 15.9. The molecule has 1 heterocycles. The van der Waals surface area contributed by atoms with Crippen molar-refractivity contribution in [2.24, 2.45) is 0 Å². The first-order valence-electron chi connectivity index (χ1n) is 8.34. The first-order valence-corrected chi connectivity index (χ1v) is 9.22. The van der Waals surface area contributed by atoms with E-state index in [4.69, 9.17) is 9.84 Å². The summed E-state index contributed by atoms with van der Waals surface area (Å²) in [5.74, 6) is -0.303. The van der Waals surface area contributed by atoms with Crippen LogP contribution < -0.4 is 5.32 Å². The highest BCUT2D eigenvalue weighted by Gasteiger charge is 2.24. The Labute approximate surface area is 156 Å². The maximum atomic E-state index is 12.2. The number of amides is 1. The molecule has 0 saturated carbocycles. The van der Waals surface area contributed by atoms with Gasteiger partial charge in [0.05, 0.1) is 18.8 Å². The minimum Gasteiger partial charge on any atom is -0.394 e. The molecule has 8 heteroatoms. The number of nitrogens with zero attached hydrogens (tertiary/aromatic N) is 1. The average Bonchev–Trinajstić information content (AvgIpc) is 3.15. The first kappa shape index (κ1) is 20.5. The lowest BCUT2D eigenvalue weighted by Gasteiger charge is -2.26. The zero-order valence-corrected chi connectivity index (χ0v) is 15.5. The summed E-state index contributed by atoms with van der Waals surface area (Å²) >= 11 is 1.40. The van der Waals surface area contributed by atoms with Crippen molar-refractivity contribution in [3.63, 3.8) is 0 Å². The van der Waals surface area contributed by atoms with Gasteiger partial charge in [-0.3, -0.25) is 4.79 Å².